The van der Waals surface area contributed by atoms with Crippen molar-refractivity contribution in [2.75, 3.05) is 0 Å². The van der Waals surface area contributed by atoms with Crippen molar-refractivity contribution in [3.8, 4) is 95.9 Å². The summed E-state index contributed by atoms with van der Waals surface area (Å²) in [6.07, 6.45) is 9.63. The summed E-state index contributed by atoms with van der Waals surface area (Å²) in [5.74, 6) is 1.88. The topological polar surface area (TPSA) is 75.3 Å². The second kappa shape index (κ2) is 15.7. The highest BCUT2D eigenvalue weighted by Crippen LogP contribution is 2.56. The van der Waals surface area contributed by atoms with Crippen LogP contribution in [-0.2, 0) is 5.41 Å². The predicted octanol–water partition coefficient (Wildman–Crippen LogP) is 14.0. The Bertz CT molecular complexity index is 3140. The first-order chi connectivity index (χ1) is 30.6. The largest absolute Gasteiger partial charge is 0.264 e. The minimum absolute atomic E-state index is 0.0140. The molecule has 62 heavy (non-hydrogen) atoms. The smallest absolute Gasteiger partial charge is 0.164 e. The SMILES string of the molecule is N#Cc1ccc2c(c1)C1(CCCCC1)c1cc(-c3cccc(-c4ccc(-c5cccc(-c6nc(-c7ccccc7)nc(-c7ccc(-c8cccnc8)cc7)n6)c5)cc4)c3)ccc1-2. The molecule has 0 amide bonds. The number of pyridine rings is 1. The number of hydrogen-bond acceptors (Lipinski definition) is 5. The van der Waals surface area contributed by atoms with E-state index in [1.807, 2.05) is 48.7 Å². The van der Waals surface area contributed by atoms with E-state index in [-0.39, 0.29) is 5.41 Å². The molecule has 0 aliphatic heterocycles. The van der Waals surface area contributed by atoms with Gasteiger partial charge in [-0.25, -0.2) is 15.0 Å². The molecule has 9 aromatic rings. The number of aromatic nitrogens is 4. The second-order valence-electron chi connectivity index (χ2n) is 16.5. The lowest BCUT2D eigenvalue weighted by atomic mass is 9.67. The Morgan fingerprint density at radius 3 is 1.48 bits per heavy atom. The lowest BCUT2D eigenvalue weighted by Gasteiger charge is -2.36. The van der Waals surface area contributed by atoms with Gasteiger partial charge in [0.2, 0.25) is 0 Å². The predicted molar refractivity (Wildman–Crippen MR) is 250 cm³/mol. The van der Waals surface area contributed by atoms with Gasteiger partial charge in [-0.2, -0.15) is 5.26 Å². The van der Waals surface area contributed by atoms with Gasteiger partial charge in [0.1, 0.15) is 0 Å². The number of fused-ring (bicyclic) bond motifs is 5. The monoisotopic (exact) mass is 795 g/mol. The van der Waals surface area contributed by atoms with E-state index in [4.69, 9.17) is 15.0 Å². The number of hydrogen-bond donors (Lipinski definition) is 0. The van der Waals surface area contributed by atoms with Gasteiger partial charge >= 0.3 is 0 Å². The highest BCUT2D eigenvalue weighted by molar-refractivity contribution is 5.85. The summed E-state index contributed by atoms with van der Waals surface area (Å²) in [5.41, 5.74) is 18.0. The molecule has 7 aromatic carbocycles. The normalized spacial score (nSPS) is 13.6. The summed E-state index contributed by atoms with van der Waals surface area (Å²) >= 11 is 0. The molecule has 11 rings (SSSR count). The molecular weight excluding hydrogens is 755 g/mol. The summed E-state index contributed by atoms with van der Waals surface area (Å²) < 4.78 is 0. The Morgan fingerprint density at radius 2 is 0.855 bits per heavy atom. The molecular formula is C57H41N5. The molecule has 1 fully saturated rings. The van der Waals surface area contributed by atoms with E-state index in [2.05, 4.69) is 145 Å². The van der Waals surface area contributed by atoms with Gasteiger partial charge in [0.25, 0.3) is 0 Å². The molecule has 5 heteroatoms. The first-order valence-corrected chi connectivity index (χ1v) is 21.5. The van der Waals surface area contributed by atoms with Gasteiger partial charge in [0, 0.05) is 34.5 Å². The standard InChI is InChI=1S/C57H41N5/c58-36-38-17-27-50-51-28-26-47(35-53(51)57(52(50)32-38)29-5-2-6-30-57)46-14-7-12-44(33-46)39-18-20-40(21-19-39)45-13-8-15-48(34-45)56-61-54(42-10-3-1-4-11-42)60-55(62-56)43-24-22-41(23-25-43)49-16-9-31-59-37-49/h1,3-4,7-28,31-35,37H,2,5-6,29-30H2. The van der Waals surface area contributed by atoms with Gasteiger partial charge < -0.3 is 0 Å². The van der Waals surface area contributed by atoms with E-state index < -0.39 is 0 Å². The van der Waals surface area contributed by atoms with Crippen molar-refractivity contribution >= 4 is 0 Å². The van der Waals surface area contributed by atoms with Crippen molar-refractivity contribution in [1.29, 1.82) is 5.26 Å². The van der Waals surface area contributed by atoms with E-state index in [1.54, 1.807) is 6.20 Å². The average molecular weight is 796 g/mol. The molecule has 0 unspecified atom stereocenters. The van der Waals surface area contributed by atoms with E-state index in [0.29, 0.717) is 17.5 Å². The number of nitriles is 1. The maximum Gasteiger partial charge on any atom is 0.164 e. The van der Waals surface area contributed by atoms with Crippen LogP contribution in [0.4, 0.5) is 0 Å². The minimum atomic E-state index is -0.0140. The summed E-state index contributed by atoms with van der Waals surface area (Å²) in [7, 11) is 0. The first kappa shape index (κ1) is 37.2. The summed E-state index contributed by atoms with van der Waals surface area (Å²) in [4.78, 5) is 19.3. The Kier molecular flexibility index (Phi) is 9.40. The molecule has 0 atom stereocenters. The fourth-order valence-corrected chi connectivity index (χ4v) is 9.71. The molecule has 2 aliphatic rings. The van der Waals surface area contributed by atoms with Gasteiger partial charge in [-0.05, 0) is 116 Å². The van der Waals surface area contributed by atoms with Gasteiger partial charge in [-0.3, -0.25) is 4.98 Å². The van der Waals surface area contributed by atoms with Crippen molar-refractivity contribution in [2.45, 2.75) is 37.5 Å². The van der Waals surface area contributed by atoms with Crippen molar-refractivity contribution in [2.24, 2.45) is 0 Å². The molecule has 294 valence electrons. The van der Waals surface area contributed by atoms with Crippen LogP contribution in [-0.4, -0.2) is 19.9 Å². The lowest BCUT2D eigenvalue weighted by Crippen LogP contribution is -2.28. The molecule has 2 heterocycles. The van der Waals surface area contributed by atoms with E-state index >= 15 is 0 Å². The van der Waals surface area contributed by atoms with Crippen LogP contribution >= 0.6 is 0 Å². The molecule has 5 nitrogen and oxygen atoms in total. The molecule has 1 saturated carbocycles. The van der Waals surface area contributed by atoms with E-state index in [9.17, 15) is 5.26 Å². The van der Waals surface area contributed by atoms with Crippen LogP contribution in [0.2, 0.25) is 0 Å². The van der Waals surface area contributed by atoms with E-state index in [1.165, 1.54) is 58.2 Å². The maximum atomic E-state index is 9.77. The molecule has 1 spiro atoms. The Morgan fingerprint density at radius 1 is 0.387 bits per heavy atom. The van der Waals surface area contributed by atoms with Crippen molar-refractivity contribution < 1.29 is 0 Å². The zero-order valence-electron chi connectivity index (χ0n) is 34.2. The fourth-order valence-electron chi connectivity index (χ4n) is 9.71. The quantitative estimate of drug-likeness (QED) is 0.161. The Balaban J connectivity index is 0.890. The Hall–Kier alpha value is -7.81. The van der Waals surface area contributed by atoms with Crippen LogP contribution in [0.5, 0.6) is 0 Å². The third-order valence-electron chi connectivity index (χ3n) is 12.9. The number of benzene rings is 7. The second-order valence-corrected chi connectivity index (χ2v) is 16.5. The third-order valence-corrected chi connectivity index (χ3v) is 12.9. The van der Waals surface area contributed by atoms with E-state index in [0.717, 1.165) is 62.9 Å². The molecule has 0 saturated heterocycles. The highest BCUT2D eigenvalue weighted by atomic mass is 15.0. The average Bonchev–Trinajstić information content (AvgIpc) is 3.61. The van der Waals surface area contributed by atoms with Crippen LogP contribution in [0, 0.1) is 11.3 Å². The minimum Gasteiger partial charge on any atom is -0.264 e. The molecule has 2 aromatic heterocycles. The van der Waals surface area contributed by atoms with Crippen LogP contribution in [0.1, 0.15) is 48.8 Å². The van der Waals surface area contributed by atoms with Crippen LogP contribution < -0.4 is 0 Å². The maximum absolute atomic E-state index is 9.77. The van der Waals surface area contributed by atoms with Crippen molar-refractivity contribution in [3.05, 3.63) is 205 Å². The number of rotatable bonds is 7. The first-order valence-electron chi connectivity index (χ1n) is 21.5. The van der Waals surface area contributed by atoms with Crippen LogP contribution in [0.25, 0.3) is 89.8 Å². The summed E-state index contributed by atoms with van der Waals surface area (Å²) in [6.45, 7) is 0. The third kappa shape index (κ3) is 6.76. The molecule has 0 bridgehead atoms. The zero-order chi connectivity index (χ0) is 41.5. The van der Waals surface area contributed by atoms with Crippen LogP contribution in [0.3, 0.4) is 0 Å². The highest BCUT2D eigenvalue weighted by Gasteiger charge is 2.44. The van der Waals surface area contributed by atoms with Crippen molar-refractivity contribution in [1.82, 2.24) is 19.9 Å². The van der Waals surface area contributed by atoms with Gasteiger partial charge in [0.05, 0.1) is 11.6 Å². The summed E-state index contributed by atoms with van der Waals surface area (Å²) in [6, 6.07) is 64.3. The van der Waals surface area contributed by atoms with Crippen LogP contribution in [0.15, 0.2) is 188 Å². The Labute approximate surface area is 362 Å². The van der Waals surface area contributed by atoms with Gasteiger partial charge in [0.15, 0.2) is 17.5 Å². The summed E-state index contributed by atoms with van der Waals surface area (Å²) in [5, 5.41) is 9.77. The van der Waals surface area contributed by atoms with Gasteiger partial charge in [-0.15, -0.1) is 0 Å². The van der Waals surface area contributed by atoms with Crippen molar-refractivity contribution in [3.63, 3.8) is 0 Å². The van der Waals surface area contributed by atoms with Gasteiger partial charge in [-0.1, -0.05) is 159 Å². The molecule has 0 N–H and O–H groups in total. The molecule has 0 radical (unpaired) electrons. The fraction of sp³-hybridized carbons (Fsp3) is 0.105. The zero-order valence-corrected chi connectivity index (χ0v) is 34.2. The lowest BCUT2D eigenvalue weighted by molar-refractivity contribution is 0.353. The number of nitrogens with zero attached hydrogens (tertiary/aromatic N) is 5. The molecule has 2 aliphatic carbocycles.